The number of hydrogen-bond acceptors (Lipinski definition) is 4. The maximum atomic E-state index is 11.5. The van der Waals surface area contributed by atoms with Crippen molar-refractivity contribution in [2.45, 2.75) is 6.92 Å². The van der Waals surface area contributed by atoms with E-state index in [-0.39, 0.29) is 17.3 Å². The average molecular weight is 207 g/mol. The molecular formula is C8H9N5O2. The Morgan fingerprint density at radius 1 is 1.53 bits per heavy atom. The molecule has 7 heteroatoms. The van der Waals surface area contributed by atoms with Gasteiger partial charge in [-0.3, -0.25) is 9.59 Å². The van der Waals surface area contributed by atoms with Crippen LogP contribution in [0.2, 0.25) is 0 Å². The molecule has 2 heterocycles. The molecule has 78 valence electrons. The lowest BCUT2D eigenvalue weighted by molar-refractivity contribution is -0.114. The largest absolute Gasteiger partial charge is 0.311 e. The summed E-state index contributed by atoms with van der Waals surface area (Å²) in [5, 5.41) is 6.28. The highest BCUT2D eigenvalue weighted by Crippen LogP contribution is 2.01. The van der Waals surface area contributed by atoms with E-state index in [1.54, 1.807) is 11.6 Å². The molecule has 15 heavy (non-hydrogen) atoms. The highest BCUT2D eigenvalue weighted by atomic mass is 16.1. The summed E-state index contributed by atoms with van der Waals surface area (Å²) >= 11 is 0. The molecule has 0 spiro atoms. The van der Waals surface area contributed by atoms with Crippen molar-refractivity contribution in [3.05, 3.63) is 22.7 Å². The molecule has 0 radical (unpaired) electrons. The van der Waals surface area contributed by atoms with Crippen LogP contribution in [0.1, 0.15) is 6.92 Å². The zero-order chi connectivity index (χ0) is 11.0. The van der Waals surface area contributed by atoms with Crippen LogP contribution in [0.3, 0.4) is 0 Å². The third-order valence-electron chi connectivity index (χ3n) is 1.84. The molecule has 0 aliphatic heterocycles. The van der Waals surface area contributed by atoms with Crippen LogP contribution in [-0.4, -0.2) is 25.1 Å². The molecule has 0 aromatic carbocycles. The molecule has 0 fully saturated rings. The van der Waals surface area contributed by atoms with Crippen LogP contribution in [0.15, 0.2) is 17.2 Å². The monoisotopic (exact) mass is 207 g/mol. The van der Waals surface area contributed by atoms with E-state index in [0.717, 1.165) is 4.52 Å². The van der Waals surface area contributed by atoms with Gasteiger partial charge in [-0.25, -0.2) is 0 Å². The van der Waals surface area contributed by atoms with E-state index in [2.05, 4.69) is 15.4 Å². The molecule has 2 aromatic rings. The first-order chi connectivity index (χ1) is 7.08. The van der Waals surface area contributed by atoms with Gasteiger partial charge in [0.05, 0.1) is 0 Å². The summed E-state index contributed by atoms with van der Waals surface area (Å²) in [7, 11) is 1.71. The Labute approximate surface area is 84.4 Å². The number of fused-ring (bicyclic) bond motifs is 1. The van der Waals surface area contributed by atoms with Crippen molar-refractivity contribution in [1.29, 1.82) is 0 Å². The topological polar surface area (TPSA) is 81.3 Å². The molecule has 0 saturated carbocycles. The van der Waals surface area contributed by atoms with E-state index in [9.17, 15) is 9.59 Å². The third-order valence-corrected chi connectivity index (χ3v) is 1.84. The van der Waals surface area contributed by atoms with Gasteiger partial charge in [0.1, 0.15) is 12.1 Å². The number of amides is 1. The fourth-order valence-corrected chi connectivity index (χ4v) is 1.23. The van der Waals surface area contributed by atoms with E-state index >= 15 is 0 Å². The first-order valence-corrected chi connectivity index (χ1v) is 4.27. The SMILES string of the molecule is CC(=O)Nc1cc(=O)n2ncn(C)c2n1. The highest BCUT2D eigenvalue weighted by molar-refractivity contribution is 5.87. The molecule has 0 aliphatic carbocycles. The van der Waals surface area contributed by atoms with Crippen molar-refractivity contribution in [1.82, 2.24) is 19.2 Å². The summed E-state index contributed by atoms with van der Waals surface area (Å²) in [6.45, 7) is 1.35. The standard InChI is InChI=1S/C8H9N5O2/c1-5(14)10-6-3-7(15)13-8(11-6)12(2)4-9-13/h3-4H,1-2H3,(H,10,14). The van der Waals surface area contributed by atoms with Gasteiger partial charge in [-0.15, -0.1) is 0 Å². The van der Waals surface area contributed by atoms with Gasteiger partial charge in [0, 0.05) is 20.0 Å². The van der Waals surface area contributed by atoms with Crippen LogP contribution in [-0.2, 0) is 11.8 Å². The van der Waals surface area contributed by atoms with E-state index in [1.165, 1.54) is 19.3 Å². The van der Waals surface area contributed by atoms with E-state index < -0.39 is 0 Å². The molecule has 2 rings (SSSR count). The van der Waals surface area contributed by atoms with Crippen molar-refractivity contribution in [3.8, 4) is 0 Å². The van der Waals surface area contributed by atoms with Crippen LogP contribution < -0.4 is 10.9 Å². The van der Waals surface area contributed by atoms with Crippen LogP contribution >= 0.6 is 0 Å². The van der Waals surface area contributed by atoms with Crippen LogP contribution in [0, 0.1) is 0 Å². The maximum Gasteiger partial charge on any atom is 0.277 e. The predicted molar refractivity (Wildman–Crippen MR) is 52.5 cm³/mol. The first-order valence-electron chi connectivity index (χ1n) is 4.27. The molecule has 1 N–H and O–H groups in total. The lowest BCUT2D eigenvalue weighted by atomic mass is 10.5. The minimum atomic E-state index is -0.329. The summed E-state index contributed by atoms with van der Waals surface area (Å²) in [5.41, 5.74) is -0.329. The van der Waals surface area contributed by atoms with Gasteiger partial charge in [0.15, 0.2) is 0 Å². The number of nitrogens with zero attached hydrogens (tertiary/aromatic N) is 4. The minimum absolute atomic E-state index is 0.233. The third kappa shape index (κ3) is 1.58. The maximum absolute atomic E-state index is 11.5. The number of hydrogen-bond donors (Lipinski definition) is 1. The molecular weight excluding hydrogens is 198 g/mol. The van der Waals surface area contributed by atoms with Crippen molar-refractivity contribution in [2.24, 2.45) is 7.05 Å². The van der Waals surface area contributed by atoms with Crippen LogP contribution in [0.4, 0.5) is 5.82 Å². The van der Waals surface area contributed by atoms with Crippen molar-refractivity contribution >= 4 is 17.5 Å². The summed E-state index contributed by atoms with van der Waals surface area (Å²) in [6.07, 6.45) is 1.47. The fraction of sp³-hybridized carbons (Fsp3) is 0.250. The van der Waals surface area contributed by atoms with Gasteiger partial charge < -0.3 is 9.88 Å². The zero-order valence-electron chi connectivity index (χ0n) is 8.26. The van der Waals surface area contributed by atoms with Crippen molar-refractivity contribution in [3.63, 3.8) is 0 Å². The number of aryl methyl sites for hydroxylation is 1. The number of nitrogens with one attached hydrogen (secondary N) is 1. The van der Waals surface area contributed by atoms with Gasteiger partial charge in [-0.2, -0.15) is 14.6 Å². The van der Waals surface area contributed by atoms with Gasteiger partial charge in [-0.05, 0) is 0 Å². The second kappa shape index (κ2) is 3.19. The number of carbonyl (C=O) groups is 1. The Bertz CT molecular complexity index is 582. The Hall–Kier alpha value is -2.18. The molecule has 7 nitrogen and oxygen atoms in total. The van der Waals surface area contributed by atoms with E-state index in [1.807, 2.05) is 0 Å². The quantitative estimate of drug-likeness (QED) is 0.676. The second-order valence-corrected chi connectivity index (χ2v) is 3.11. The summed E-state index contributed by atoms with van der Waals surface area (Å²) in [5.74, 6) is 0.343. The lowest BCUT2D eigenvalue weighted by Crippen LogP contribution is -2.18. The molecule has 2 aromatic heterocycles. The number of anilines is 1. The normalized spacial score (nSPS) is 10.5. The van der Waals surface area contributed by atoms with Crippen LogP contribution in [0.25, 0.3) is 5.78 Å². The summed E-state index contributed by atoms with van der Waals surface area (Å²) in [4.78, 5) is 26.4. The number of carbonyl (C=O) groups excluding carboxylic acids is 1. The summed E-state index contributed by atoms with van der Waals surface area (Å²) in [6, 6.07) is 1.22. The molecule has 0 unspecified atom stereocenters. The van der Waals surface area contributed by atoms with E-state index in [4.69, 9.17) is 0 Å². The molecule has 0 aliphatic rings. The number of aromatic nitrogens is 4. The predicted octanol–water partition coefficient (Wildman–Crippen LogP) is -0.614. The van der Waals surface area contributed by atoms with Gasteiger partial charge in [0.25, 0.3) is 5.56 Å². The Kier molecular flexibility index (Phi) is 2.00. The smallest absolute Gasteiger partial charge is 0.277 e. The molecule has 0 saturated heterocycles. The molecule has 0 atom stereocenters. The van der Waals surface area contributed by atoms with Crippen LogP contribution in [0.5, 0.6) is 0 Å². The van der Waals surface area contributed by atoms with Crippen molar-refractivity contribution in [2.75, 3.05) is 5.32 Å². The zero-order valence-corrected chi connectivity index (χ0v) is 8.26. The highest BCUT2D eigenvalue weighted by Gasteiger charge is 2.06. The molecule has 1 amide bonds. The Balaban J connectivity index is 2.65. The second-order valence-electron chi connectivity index (χ2n) is 3.11. The van der Waals surface area contributed by atoms with Crippen molar-refractivity contribution < 1.29 is 4.79 Å². The average Bonchev–Trinajstić information content (AvgIpc) is 2.47. The fourth-order valence-electron chi connectivity index (χ4n) is 1.23. The minimum Gasteiger partial charge on any atom is -0.311 e. The lowest BCUT2D eigenvalue weighted by Gasteiger charge is -2.00. The Morgan fingerprint density at radius 2 is 2.27 bits per heavy atom. The molecule has 0 bridgehead atoms. The van der Waals surface area contributed by atoms with Gasteiger partial charge >= 0.3 is 0 Å². The summed E-state index contributed by atoms with van der Waals surface area (Å²) < 4.78 is 2.75. The van der Waals surface area contributed by atoms with Gasteiger partial charge in [0.2, 0.25) is 11.7 Å². The first kappa shape index (κ1) is 9.38. The van der Waals surface area contributed by atoms with E-state index in [0.29, 0.717) is 5.78 Å². The Morgan fingerprint density at radius 3 is 2.93 bits per heavy atom. The van der Waals surface area contributed by atoms with Gasteiger partial charge in [-0.1, -0.05) is 0 Å². The number of rotatable bonds is 1.